The van der Waals surface area contributed by atoms with Crippen LogP contribution in [0, 0.1) is 0 Å². The van der Waals surface area contributed by atoms with Gasteiger partial charge in [0.2, 0.25) is 0 Å². The molecule has 8 heteroatoms. The van der Waals surface area contributed by atoms with Crippen LogP contribution >= 0.6 is 0 Å². The minimum absolute atomic E-state index is 0.372. The van der Waals surface area contributed by atoms with E-state index >= 15 is 0 Å². The van der Waals surface area contributed by atoms with E-state index in [1.807, 2.05) is 37.5 Å². The van der Waals surface area contributed by atoms with Crippen LogP contribution in [0.5, 0.6) is 0 Å². The van der Waals surface area contributed by atoms with Gasteiger partial charge < -0.3 is 4.98 Å². The first-order valence-electron chi connectivity index (χ1n) is 10.3. The highest BCUT2D eigenvalue weighted by atomic mass is 19.4. The normalized spacial score (nSPS) is 12.2. The fourth-order valence-corrected chi connectivity index (χ4v) is 4.04. The monoisotopic (exact) mass is 435 g/mol. The molecular weight excluding hydrogens is 415 g/mol. The van der Waals surface area contributed by atoms with Crippen LogP contribution in [0.2, 0.25) is 0 Å². The molecule has 32 heavy (non-hydrogen) atoms. The van der Waals surface area contributed by atoms with Gasteiger partial charge in [-0.25, -0.2) is 9.97 Å². The molecule has 0 aliphatic heterocycles. The molecule has 0 unspecified atom stereocenters. The number of fused-ring (bicyclic) bond motifs is 2. The molecule has 0 fully saturated rings. The molecule has 2 aromatic carbocycles. The van der Waals surface area contributed by atoms with Crippen molar-refractivity contribution in [2.75, 3.05) is 0 Å². The van der Waals surface area contributed by atoms with Crippen molar-refractivity contribution in [1.82, 2.24) is 24.7 Å². The summed E-state index contributed by atoms with van der Waals surface area (Å²) in [4.78, 5) is 12.8. The maximum atomic E-state index is 13.0. The van der Waals surface area contributed by atoms with Gasteiger partial charge in [0.25, 0.3) is 0 Å². The van der Waals surface area contributed by atoms with Crippen LogP contribution in [0.15, 0.2) is 54.7 Å². The number of hydrogen-bond acceptors (Lipinski definition) is 3. The van der Waals surface area contributed by atoms with E-state index in [1.54, 1.807) is 4.68 Å². The fourth-order valence-electron chi connectivity index (χ4n) is 4.04. The Morgan fingerprint density at radius 1 is 1.00 bits per heavy atom. The zero-order chi connectivity index (χ0) is 22.5. The molecule has 0 bridgehead atoms. The lowest BCUT2D eigenvalue weighted by Crippen LogP contribution is -2.04. The molecule has 162 valence electrons. The molecule has 0 atom stereocenters. The van der Waals surface area contributed by atoms with Crippen molar-refractivity contribution in [3.05, 3.63) is 66.0 Å². The molecule has 1 N–H and O–H groups in total. The van der Waals surface area contributed by atoms with Crippen LogP contribution in [-0.4, -0.2) is 24.7 Å². The summed E-state index contributed by atoms with van der Waals surface area (Å²) in [6.07, 6.45) is -0.853. The summed E-state index contributed by atoms with van der Waals surface area (Å²) in [5.41, 5.74) is 4.75. The summed E-state index contributed by atoms with van der Waals surface area (Å²) in [5, 5.41) is 5.67. The highest BCUT2D eigenvalue weighted by Gasteiger charge is 2.30. The zero-order valence-corrected chi connectivity index (χ0v) is 17.5. The summed E-state index contributed by atoms with van der Waals surface area (Å²) in [7, 11) is 1.86. The van der Waals surface area contributed by atoms with Crippen LogP contribution in [-0.2, 0) is 19.6 Å². The zero-order valence-electron chi connectivity index (χ0n) is 17.5. The van der Waals surface area contributed by atoms with Gasteiger partial charge in [-0.3, -0.25) is 4.68 Å². The van der Waals surface area contributed by atoms with E-state index in [-0.39, 0.29) is 0 Å². The number of nitrogens with zero attached hydrogens (tertiary/aromatic N) is 4. The second-order valence-electron chi connectivity index (χ2n) is 7.74. The van der Waals surface area contributed by atoms with Crippen molar-refractivity contribution in [2.24, 2.45) is 7.05 Å². The van der Waals surface area contributed by atoms with Crippen molar-refractivity contribution >= 4 is 21.9 Å². The average Bonchev–Trinajstić information content (AvgIpc) is 3.34. The number of para-hydroxylation sites is 1. The van der Waals surface area contributed by atoms with Crippen molar-refractivity contribution < 1.29 is 13.2 Å². The molecule has 0 radical (unpaired) electrons. The van der Waals surface area contributed by atoms with E-state index in [4.69, 9.17) is 9.97 Å². The Hall–Kier alpha value is -3.68. The van der Waals surface area contributed by atoms with Crippen LogP contribution in [0.1, 0.15) is 24.6 Å². The second-order valence-corrected chi connectivity index (χ2v) is 7.74. The third-order valence-corrected chi connectivity index (χ3v) is 5.55. The van der Waals surface area contributed by atoms with E-state index in [2.05, 4.69) is 17.0 Å². The van der Waals surface area contributed by atoms with Gasteiger partial charge in [0.15, 0.2) is 5.82 Å². The van der Waals surface area contributed by atoms with Crippen molar-refractivity contribution in [3.63, 3.8) is 0 Å². The number of halogens is 3. The van der Waals surface area contributed by atoms with E-state index in [9.17, 15) is 13.2 Å². The van der Waals surface area contributed by atoms with Gasteiger partial charge >= 0.3 is 6.18 Å². The van der Waals surface area contributed by atoms with Crippen LogP contribution in [0.25, 0.3) is 44.6 Å². The Labute approximate surface area is 181 Å². The van der Waals surface area contributed by atoms with Crippen molar-refractivity contribution in [2.45, 2.75) is 25.9 Å². The third kappa shape index (κ3) is 3.32. The number of benzene rings is 2. The lowest BCUT2D eigenvalue weighted by molar-refractivity contribution is -0.137. The number of aryl methyl sites for hydroxylation is 2. The summed E-state index contributed by atoms with van der Waals surface area (Å²) in [5.74, 6) is 0.372. The third-order valence-electron chi connectivity index (χ3n) is 5.55. The molecule has 0 aliphatic rings. The number of nitrogens with one attached hydrogen (secondary N) is 1. The first-order chi connectivity index (χ1) is 15.4. The Balaban J connectivity index is 1.77. The van der Waals surface area contributed by atoms with E-state index in [0.29, 0.717) is 17.1 Å². The van der Waals surface area contributed by atoms with Crippen LogP contribution in [0.4, 0.5) is 13.2 Å². The number of aromatic amines is 1. The van der Waals surface area contributed by atoms with Gasteiger partial charge in [-0.05, 0) is 24.6 Å². The van der Waals surface area contributed by atoms with E-state index in [0.717, 1.165) is 58.2 Å². The van der Waals surface area contributed by atoms with E-state index in [1.165, 1.54) is 12.1 Å². The molecule has 0 aliphatic carbocycles. The van der Waals surface area contributed by atoms with Gasteiger partial charge in [0.05, 0.1) is 11.3 Å². The summed E-state index contributed by atoms with van der Waals surface area (Å²) >= 11 is 0. The Bertz CT molecular complexity index is 1430. The molecule has 0 amide bonds. The second kappa shape index (κ2) is 7.47. The summed E-state index contributed by atoms with van der Waals surface area (Å²) < 4.78 is 40.9. The number of aromatic nitrogens is 5. The SMILES string of the molecule is CCCc1nn(C)c2c(-c3c[nH]c4ccccc34)nc(-c3ccc(C(F)(F)F)cc3)nc12. The standard InChI is InChI=1S/C24H20F3N5/c1-3-6-19-21-22(32(2)31-19)20(17-13-28-18-8-5-4-7-16(17)18)29-23(30-21)14-9-11-15(12-10-14)24(25,26)27/h4-5,7-13,28H,3,6H2,1-2H3. The molecule has 3 heterocycles. The van der Waals surface area contributed by atoms with Gasteiger partial charge in [-0.2, -0.15) is 18.3 Å². The highest BCUT2D eigenvalue weighted by molar-refractivity contribution is 6.02. The quantitative estimate of drug-likeness (QED) is 0.368. The number of hydrogen-bond donors (Lipinski definition) is 1. The number of H-pyrrole nitrogens is 1. The lowest BCUT2D eigenvalue weighted by atomic mass is 10.1. The lowest BCUT2D eigenvalue weighted by Gasteiger charge is -2.09. The molecule has 0 saturated heterocycles. The topological polar surface area (TPSA) is 59.4 Å². The summed E-state index contributed by atoms with van der Waals surface area (Å²) in [6.45, 7) is 2.07. The molecule has 0 spiro atoms. The van der Waals surface area contributed by atoms with Crippen LogP contribution in [0.3, 0.4) is 0 Å². The van der Waals surface area contributed by atoms with Crippen molar-refractivity contribution in [1.29, 1.82) is 0 Å². The first kappa shape index (κ1) is 20.2. The minimum atomic E-state index is -4.39. The highest BCUT2D eigenvalue weighted by Crippen LogP contribution is 2.35. The van der Waals surface area contributed by atoms with Crippen molar-refractivity contribution in [3.8, 4) is 22.6 Å². The van der Waals surface area contributed by atoms with Gasteiger partial charge in [-0.15, -0.1) is 0 Å². The van der Waals surface area contributed by atoms with Gasteiger partial charge in [0.1, 0.15) is 16.7 Å². The molecule has 0 saturated carbocycles. The molecule has 5 aromatic rings. The van der Waals surface area contributed by atoms with Gasteiger partial charge in [0, 0.05) is 35.3 Å². The Morgan fingerprint density at radius 3 is 2.47 bits per heavy atom. The maximum absolute atomic E-state index is 13.0. The Morgan fingerprint density at radius 2 is 1.75 bits per heavy atom. The molecule has 5 nitrogen and oxygen atoms in total. The molecule has 3 aromatic heterocycles. The largest absolute Gasteiger partial charge is 0.416 e. The molecule has 5 rings (SSSR count). The average molecular weight is 435 g/mol. The maximum Gasteiger partial charge on any atom is 0.416 e. The smallest absolute Gasteiger partial charge is 0.360 e. The Kier molecular flexibility index (Phi) is 4.73. The van der Waals surface area contributed by atoms with E-state index < -0.39 is 11.7 Å². The summed E-state index contributed by atoms with van der Waals surface area (Å²) in [6, 6.07) is 12.9. The number of alkyl halides is 3. The minimum Gasteiger partial charge on any atom is -0.360 e. The molecular formula is C24H20F3N5. The fraction of sp³-hybridized carbons (Fsp3) is 0.208. The van der Waals surface area contributed by atoms with Gasteiger partial charge in [-0.1, -0.05) is 43.7 Å². The number of rotatable bonds is 4. The predicted molar refractivity (Wildman–Crippen MR) is 118 cm³/mol. The predicted octanol–water partition coefficient (Wildman–Crippen LogP) is 6.15. The first-order valence-corrected chi connectivity index (χ1v) is 10.3. The van der Waals surface area contributed by atoms with Crippen LogP contribution < -0.4 is 0 Å².